The molecular weight excluding hydrogens is 394 g/mol. The van der Waals surface area contributed by atoms with Crippen LogP contribution in [0.25, 0.3) is 6.08 Å². The summed E-state index contributed by atoms with van der Waals surface area (Å²) in [6.45, 7) is -1.03. The minimum Gasteiger partial charge on any atom is -0.490 e. The Hall–Kier alpha value is -3.13. The predicted molar refractivity (Wildman–Crippen MR) is 100 cm³/mol. The lowest BCUT2D eigenvalue weighted by molar-refractivity contribution is -0.117. The second-order valence-electron chi connectivity index (χ2n) is 5.27. The van der Waals surface area contributed by atoms with Gasteiger partial charge in [0.2, 0.25) is 0 Å². The molecule has 2 aromatic carbocycles. The molecule has 0 fully saturated rings. The zero-order valence-electron chi connectivity index (χ0n) is 14.7. The number of alkyl halides is 2. The van der Waals surface area contributed by atoms with E-state index in [1.165, 1.54) is 30.3 Å². The first-order valence-corrected chi connectivity index (χ1v) is 8.53. The summed E-state index contributed by atoms with van der Waals surface area (Å²) in [6, 6.07) is 10.6. The third kappa shape index (κ3) is 6.24. The summed E-state index contributed by atoms with van der Waals surface area (Å²) < 4.78 is 34.4. The first-order chi connectivity index (χ1) is 13.4. The summed E-state index contributed by atoms with van der Waals surface area (Å²) in [5.74, 6) is -1.16. The van der Waals surface area contributed by atoms with Crippen LogP contribution in [0.2, 0.25) is 5.02 Å². The lowest BCUT2D eigenvalue weighted by atomic mass is 10.2. The lowest BCUT2D eigenvalue weighted by Crippen LogP contribution is -2.40. The van der Waals surface area contributed by atoms with Gasteiger partial charge in [0.25, 0.3) is 11.8 Å². The fourth-order valence-corrected chi connectivity index (χ4v) is 2.36. The van der Waals surface area contributed by atoms with Crippen LogP contribution in [0.4, 0.5) is 8.78 Å². The monoisotopic (exact) mass is 410 g/mol. The molecule has 0 heterocycles. The molecule has 9 heteroatoms. The van der Waals surface area contributed by atoms with Crippen molar-refractivity contribution in [1.82, 2.24) is 10.9 Å². The number of hydrogen-bond donors (Lipinski definition) is 2. The van der Waals surface area contributed by atoms with Crippen LogP contribution >= 0.6 is 11.6 Å². The fourth-order valence-electron chi connectivity index (χ4n) is 2.13. The Labute approximate surface area is 165 Å². The first kappa shape index (κ1) is 21.2. The maximum absolute atomic E-state index is 12.4. The number of rotatable bonds is 7. The third-order valence-corrected chi connectivity index (χ3v) is 3.66. The van der Waals surface area contributed by atoms with Crippen molar-refractivity contribution in [2.45, 2.75) is 13.5 Å². The zero-order chi connectivity index (χ0) is 20.5. The van der Waals surface area contributed by atoms with E-state index >= 15 is 0 Å². The van der Waals surface area contributed by atoms with E-state index in [9.17, 15) is 18.4 Å². The maximum Gasteiger partial charge on any atom is 0.387 e. The van der Waals surface area contributed by atoms with Gasteiger partial charge in [-0.3, -0.25) is 20.4 Å². The molecule has 0 saturated carbocycles. The summed E-state index contributed by atoms with van der Waals surface area (Å²) in [6.07, 6.45) is 2.58. The van der Waals surface area contributed by atoms with Crippen LogP contribution in [0, 0.1) is 0 Å². The Kier molecular flexibility index (Phi) is 7.76. The highest BCUT2D eigenvalue weighted by Gasteiger charge is 2.12. The highest BCUT2D eigenvalue weighted by molar-refractivity contribution is 6.33. The van der Waals surface area contributed by atoms with Gasteiger partial charge in [0, 0.05) is 6.08 Å². The van der Waals surface area contributed by atoms with Crippen LogP contribution in [0.1, 0.15) is 22.8 Å². The average Bonchev–Trinajstić information content (AvgIpc) is 2.66. The van der Waals surface area contributed by atoms with Gasteiger partial charge in [-0.2, -0.15) is 8.78 Å². The van der Waals surface area contributed by atoms with E-state index in [1.807, 2.05) is 0 Å². The number of nitrogens with one attached hydrogen (secondary N) is 2. The van der Waals surface area contributed by atoms with Crippen molar-refractivity contribution in [1.29, 1.82) is 0 Å². The number of carbonyl (C=O) groups excluding carboxylic acids is 2. The molecule has 28 heavy (non-hydrogen) atoms. The SMILES string of the molecule is CCOc1cc(/C=C/C(=O)NNC(=O)c2ccccc2Cl)ccc1OC(F)F. The van der Waals surface area contributed by atoms with Gasteiger partial charge in [0.1, 0.15) is 0 Å². The molecule has 0 unspecified atom stereocenters. The highest BCUT2D eigenvalue weighted by atomic mass is 35.5. The van der Waals surface area contributed by atoms with Gasteiger partial charge in [-0.05, 0) is 42.8 Å². The van der Waals surface area contributed by atoms with Crippen LogP contribution < -0.4 is 20.3 Å². The molecule has 6 nitrogen and oxygen atoms in total. The topological polar surface area (TPSA) is 76.7 Å². The maximum atomic E-state index is 12.4. The Morgan fingerprint density at radius 1 is 1.14 bits per heavy atom. The molecule has 0 bridgehead atoms. The number of hydrogen-bond acceptors (Lipinski definition) is 4. The van der Waals surface area contributed by atoms with E-state index in [2.05, 4.69) is 15.6 Å². The van der Waals surface area contributed by atoms with E-state index in [4.69, 9.17) is 16.3 Å². The van der Waals surface area contributed by atoms with Gasteiger partial charge >= 0.3 is 6.61 Å². The number of amides is 2. The van der Waals surface area contributed by atoms with E-state index < -0.39 is 18.4 Å². The second-order valence-corrected chi connectivity index (χ2v) is 5.68. The summed E-state index contributed by atoms with van der Waals surface area (Å²) in [5, 5.41) is 0.249. The molecular formula is C19H17ClF2N2O4. The number of ether oxygens (including phenoxy) is 2. The van der Waals surface area contributed by atoms with Gasteiger partial charge in [0.15, 0.2) is 11.5 Å². The summed E-state index contributed by atoms with van der Waals surface area (Å²) >= 11 is 5.90. The summed E-state index contributed by atoms with van der Waals surface area (Å²) in [4.78, 5) is 23.8. The molecule has 2 aromatic rings. The summed E-state index contributed by atoms with van der Waals surface area (Å²) in [5.41, 5.74) is 5.18. The number of hydrazine groups is 1. The molecule has 148 valence electrons. The Morgan fingerprint density at radius 2 is 1.89 bits per heavy atom. The van der Waals surface area contributed by atoms with Crippen molar-refractivity contribution in [2.75, 3.05) is 6.61 Å². The van der Waals surface area contributed by atoms with Gasteiger partial charge in [-0.1, -0.05) is 29.8 Å². The Morgan fingerprint density at radius 3 is 2.57 bits per heavy atom. The number of carbonyl (C=O) groups is 2. The van der Waals surface area contributed by atoms with Crippen molar-refractivity contribution < 1.29 is 27.8 Å². The van der Waals surface area contributed by atoms with Crippen LogP contribution in [-0.4, -0.2) is 25.0 Å². The van der Waals surface area contributed by atoms with Crippen LogP contribution in [0.5, 0.6) is 11.5 Å². The minimum atomic E-state index is -2.98. The normalized spacial score (nSPS) is 10.8. The molecule has 0 aliphatic carbocycles. The largest absolute Gasteiger partial charge is 0.490 e. The number of benzene rings is 2. The van der Waals surface area contributed by atoms with Gasteiger partial charge < -0.3 is 9.47 Å². The van der Waals surface area contributed by atoms with Crippen LogP contribution in [0.15, 0.2) is 48.5 Å². The molecule has 0 aliphatic rings. The van der Waals surface area contributed by atoms with Crippen LogP contribution in [0.3, 0.4) is 0 Å². The highest BCUT2D eigenvalue weighted by Crippen LogP contribution is 2.30. The van der Waals surface area contributed by atoms with Crippen molar-refractivity contribution in [3.63, 3.8) is 0 Å². The Balaban J connectivity index is 1.98. The van der Waals surface area contributed by atoms with E-state index in [1.54, 1.807) is 25.1 Å². The van der Waals surface area contributed by atoms with E-state index in [0.29, 0.717) is 5.56 Å². The molecule has 2 rings (SSSR count). The zero-order valence-corrected chi connectivity index (χ0v) is 15.5. The standard InChI is InChI=1S/C19H17ClF2N2O4/c1-2-27-16-11-12(7-9-15(16)28-19(21)22)8-10-17(25)23-24-18(26)13-5-3-4-6-14(13)20/h3-11,19H,2H2,1H3,(H,23,25)(H,24,26)/b10-8+. The minimum absolute atomic E-state index is 0.106. The predicted octanol–water partition coefficient (Wildman–Crippen LogP) is 3.81. The van der Waals surface area contributed by atoms with Crippen molar-refractivity contribution in [2.24, 2.45) is 0 Å². The van der Waals surface area contributed by atoms with Crippen molar-refractivity contribution in [3.05, 3.63) is 64.7 Å². The van der Waals surface area contributed by atoms with E-state index in [-0.39, 0.29) is 28.7 Å². The number of halogens is 3. The summed E-state index contributed by atoms with van der Waals surface area (Å²) in [7, 11) is 0. The molecule has 0 aliphatic heterocycles. The molecule has 0 radical (unpaired) electrons. The Bertz CT molecular complexity index is 875. The van der Waals surface area contributed by atoms with Gasteiger partial charge in [-0.25, -0.2) is 0 Å². The average molecular weight is 411 g/mol. The second kappa shape index (κ2) is 10.3. The molecule has 0 saturated heterocycles. The van der Waals surface area contributed by atoms with Crippen molar-refractivity contribution >= 4 is 29.5 Å². The molecule has 2 amide bonds. The van der Waals surface area contributed by atoms with Gasteiger partial charge in [0.05, 0.1) is 17.2 Å². The molecule has 2 N–H and O–H groups in total. The van der Waals surface area contributed by atoms with Crippen LogP contribution in [-0.2, 0) is 4.79 Å². The fraction of sp³-hybridized carbons (Fsp3) is 0.158. The molecule has 0 spiro atoms. The van der Waals surface area contributed by atoms with Crippen molar-refractivity contribution in [3.8, 4) is 11.5 Å². The first-order valence-electron chi connectivity index (χ1n) is 8.15. The quantitative estimate of drug-likeness (QED) is 0.537. The molecule has 0 aromatic heterocycles. The van der Waals surface area contributed by atoms with E-state index in [0.717, 1.165) is 6.08 Å². The molecule has 0 atom stereocenters. The smallest absolute Gasteiger partial charge is 0.387 e. The van der Waals surface area contributed by atoms with Gasteiger partial charge in [-0.15, -0.1) is 0 Å². The lowest BCUT2D eigenvalue weighted by Gasteiger charge is -2.11. The third-order valence-electron chi connectivity index (χ3n) is 3.33.